The number of Topliss-reactive ketones (excluding diaryl/α,β-unsaturated/α-hetero) is 2. The second kappa shape index (κ2) is 14.5. The number of aromatic nitrogens is 1. The molecule has 3 aliphatic rings. The smallest absolute Gasteiger partial charge is 0.296 e. The van der Waals surface area contributed by atoms with E-state index in [-0.39, 0.29) is 32.7 Å². The summed E-state index contributed by atoms with van der Waals surface area (Å²) in [5.74, 6) is -4.27. The van der Waals surface area contributed by atoms with Crippen LogP contribution in [0.15, 0.2) is 126 Å². The third-order valence-corrected chi connectivity index (χ3v) is 14.8. The van der Waals surface area contributed by atoms with Crippen LogP contribution in [0.5, 0.6) is 0 Å². The summed E-state index contributed by atoms with van der Waals surface area (Å²) >= 11 is 0. The lowest BCUT2D eigenvalue weighted by Crippen LogP contribution is -2.33. The van der Waals surface area contributed by atoms with Gasteiger partial charge in [-0.2, -0.15) is 25.3 Å². The molecule has 22 heteroatoms. The van der Waals surface area contributed by atoms with Crippen molar-refractivity contribution in [2.24, 2.45) is 5.92 Å². The Bertz CT molecular complexity index is 3840. The predicted molar refractivity (Wildman–Crippen MR) is 220 cm³/mol. The highest BCUT2D eigenvalue weighted by atomic mass is 32.2. The zero-order valence-electron chi connectivity index (χ0n) is 31.0. The van der Waals surface area contributed by atoms with Gasteiger partial charge in [-0.1, -0.05) is 60.7 Å². The van der Waals surface area contributed by atoms with E-state index in [0.717, 1.165) is 36.4 Å². The van der Waals surface area contributed by atoms with E-state index in [2.05, 4.69) is 10.3 Å². The third kappa shape index (κ3) is 7.05. The van der Waals surface area contributed by atoms with E-state index in [1.165, 1.54) is 48.5 Å². The number of carbonyl (C=O) groups excluding carboxylic acids is 2. The molecular formula is C40H26N2O16S4. The van der Waals surface area contributed by atoms with Gasteiger partial charge in [0.05, 0.1) is 49.0 Å². The molecule has 8 rings (SSSR count). The first-order valence-electron chi connectivity index (χ1n) is 17.8. The lowest BCUT2D eigenvalue weighted by Gasteiger charge is -2.17. The first kappa shape index (κ1) is 42.2. The van der Waals surface area contributed by atoms with Crippen LogP contribution < -0.4 is 21.5 Å². The molecule has 0 fully saturated rings. The molecule has 62 heavy (non-hydrogen) atoms. The van der Waals surface area contributed by atoms with Crippen molar-refractivity contribution in [3.8, 4) is 0 Å². The molecule has 18 nitrogen and oxygen atoms in total. The molecular weight excluding hydrogens is 893 g/mol. The molecule has 5 N–H and O–H groups in total. The molecule has 0 atom stereocenters. The molecule has 1 aliphatic heterocycles. The summed E-state index contributed by atoms with van der Waals surface area (Å²) in [4.78, 5) is 54.7. The summed E-state index contributed by atoms with van der Waals surface area (Å²) < 4.78 is 133. The Kier molecular flexibility index (Phi) is 9.89. The molecule has 0 unspecified atom stereocenters. The van der Waals surface area contributed by atoms with Crippen molar-refractivity contribution < 1.29 is 62.0 Å². The van der Waals surface area contributed by atoms with Crippen LogP contribution in [0.3, 0.4) is 0 Å². The molecule has 0 amide bonds. The van der Waals surface area contributed by atoms with Gasteiger partial charge in [0.25, 0.3) is 35.9 Å². The van der Waals surface area contributed by atoms with Crippen molar-refractivity contribution >= 4 is 90.6 Å². The van der Waals surface area contributed by atoms with Gasteiger partial charge in [-0.05, 0) is 48.2 Å². The maximum Gasteiger partial charge on any atom is 0.296 e. The Morgan fingerprint density at radius 2 is 1.23 bits per heavy atom. The van der Waals surface area contributed by atoms with Crippen LogP contribution in [0.4, 0.5) is 11.4 Å². The average Bonchev–Trinajstić information content (AvgIpc) is 3.45. The number of anilines is 2. The number of nitrogens with zero attached hydrogens (tertiary/aromatic N) is 1. The van der Waals surface area contributed by atoms with Crippen LogP contribution in [-0.2, 0) is 40.2 Å². The topological polar surface area (TPSA) is 311 Å². The van der Waals surface area contributed by atoms with Gasteiger partial charge in [-0.25, -0.2) is 13.4 Å². The number of hydrogen-bond acceptors (Lipinski definition) is 15. The normalized spacial score (nSPS) is 14.5. The summed E-state index contributed by atoms with van der Waals surface area (Å²) in [5.41, 5.74) is -4.58. The molecule has 316 valence electrons. The van der Waals surface area contributed by atoms with Crippen molar-refractivity contribution in [2.45, 2.75) is 26.0 Å². The largest absolute Gasteiger partial charge is 0.506 e. The van der Waals surface area contributed by atoms with Gasteiger partial charge in [0.1, 0.15) is 15.6 Å². The Morgan fingerprint density at radius 3 is 1.84 bits per heavy atom. The van der Waals surface area contributed by atoms with Crippen molar-refractivity contribution in [1.29, 1.82) is 0 Å². The van der Waals surface area contributed by atoms with Crippen molar-refractivity contribution in [3.05, 3.63) is 150 Å². The van der Waals surface area contributed by atoms with E-state index < -0.39 is 139 Å². The Morgan fingerprint density at radius 1 is 0.613 bits per heavy atom. The lowest BCUT2D eigenvalue weighted by molar-refractivity contribution is 0.0836. The van der Waals surface area contributed by atoms with Crippen LogP contribution in [0.2, 0.25) is 0 Å². The molecule has 0 aromatic heterocycles. The molecule has 0 saturated carbocycles. The zero-order chi connectivity index (χ0) is 44.8. The second-order valence-electron chi connectivity index (χ2n) is 14.1. The van der Waals surface area contributed by atoms with Crippen molar-refractivity contribution in [1.82, 2.24) is 4.98 Å². The minimum Gasteiger partial charge on any atom is -0.506 e. The quantitative estimate of drug-likeness (QED) is 0.0972. The summed E-state index contributed by atoms with van der Waals surface area (Å²) in [7, 11) is -20.0. The maximum absolute atomic E-state index is 14.5. The molecule has 2 aliphatic carbocycles. The molecule has 0 radical (unpaired) electrons. The molecule has 1 heterocycles. The molecule has 5 aromatic carbocycles. The van der Waals surface area contributed by atoms with Gasteiger partial charge < -0.3 is 10.4 Å². The van der Waals surface area contributed by atoms with Gasteiger partial charge in [0.15, 0.2) is 26.8 Å². The molecule has 0 spiro atoms. The van der Waals surface area contributed by atoms with E-state index in [0.29, 0.717) is 12.1 Å². The number of carbonyl (C=O) groups is 2. The number of sulfone groups is 1. The number of ketones is 2. The predicted octanol–water partition coefficient (Wildman–Crippen LogP) is 3.05. The van der Waals surface area contributed by atoms with Gasteiger partial charge >= 0.3 is 0 Å². The fraction of sp³-hybridized carbons (Fsp3) is 0.0750. The molecule has 0 saturated heterocycles. The SMILES string of the molecule is O=C1c2ccccc2C(=O)C1CCS(=O)(=O)c1ccc(S(=O)(=O)O)c(Nc2cc(S(=O)(=O)O)c3nc(=O)c(=C(O)c4cccc(S(=O)(=O)O)c4)c4c5ccccc5c(=O)c2c3=4)c1. The fourth-order valence-corrected chi connectivity index (χ4v) is 10.8. The molecule has 0 bridgehead atoms. The maximum atomic E-state index is 14.5. The second-order valence-corrected chi connectivity index (χ2v) is 20.4. The third-order valence-electron chi connectivity index (χ3n) is 10.4. The Labute approximate surface area is 349 Å². The van der Waals surface area contributed by atoms with Crippen LogP contribution in [-0.4, -0.2) is 74.7 Å². The minimum atomic E-state index is -5.43. The first-order chi connectivity index (χ1) is 29.0. The van der Waals surface area contributed by atoms with Gasteiger partial charge in [-0.3, -0.25) is 32.8 Å². The number of hydrogen-bond donors (Lipinski definition) is 5. The highest BCUT2D eigenvalue weighted by Gasteiger charge is 2.39. The van der Waals surface area contributed by atoms with E-state index in [4.69, 9.17) is 0 Å². The van der Waals surface area contributed by atoms with E-state index >= 15 is 0 Å². The van der Waals surface area contributed by atoms with E-state index in [1.807, 2.05) is 0 Å². The number of nitrogens with one attached hydrogen (secondary N) is 1. The van der Waals surface area contributed by atoms with E-state index in [9.17, 15) is 71.6 Å². The number of fused-ring (bicyclic) bond motifs is 3. The van der Waals surface area contributed by atoms with Gasteiger partial charge in [-0.15, -0.1) is 0 Å². The summed E-state index contributed by atoms with van der Waals surface area (Å²) in [6.45, 7) is 0. The average molecular weight is 919 g/mol. The minimum absolute atomic E-state index is 0.0885. The monoisotopic (exact) mass is 918 g/mol. The standard InChI is InChI=1S/C40H26N2O16S4/c43-36(19-6-5-7-21(16-19)60(50,51)52)34-31-22-8-1-2-9-23(22)39(46)32-28(18-30(62(56,57)58)35(33(31)32)42-40(34)47)41-27-17-20(12-13-29(27)61(53,54)55)59(48,49)15-14-26-37(44)24-10-3-4-11-25(24)38(26)45/h1-13,16-18,26,41,43H,14-15H2,(H,50,51,52)(H,53,54,55)(H,56,57,58). The lowest BCUT2D eigenvalue weighted by atomic mass is 9.96. The Balaban J connectivity index is 1.39. The first-order valence-corrected chi connectivity index (χ1v) is 23.7. The van der Waals surface area contributed by atoms with Crippen molar-refractivity contribution in [3.63, 3.8) is 0 Å². The van der Waals surface area contributed by atoms with Crippen LogP contribution >= 0.6 is 0 Å². The zero-order valence-corrected chi connectivity index (χ0v) is 34.3. The van der Waals surface area contributed by atoms with Crippen molar-refractivity contribution in [2.75, 3.05) is 11.1 Å². The van der Waals surface area contributed by atoms with Crippen LogP contribution in [0.25, 0.3) is 27.4 Å². The number of benzene rings is 5. The Hall–Kier alpha value is -6.53. The fourth-order valence-electron chi connectivity index (χ4n) is 7.62. The van der Waals surface area contributed by atoms with Gasteiger partial charge in [0, 0.05) is 32.5 Å². The number of aliphatic hydroxyl groups is 1. The number of aliphatic hydroxyl groups excluding tert-OH is 1. The summed E-state index contributed by atoms with van der Waals surface area (Å²) in [5, 5.41) is 11.7. The highest BCUT2D eigenvalue weighted by Crippen LogP contribution is 2.36. The summed E-state index contributed by atoms with van der Waals surface area (Å²) in [6.07, 6.45) is -0.471. The van der Waals surface area contributed by atoms with E-state index in [1.54, 1.807) is 0 Å². The number of rotatable bonds is 10. The molecule has 5 aromatic rings. The van der Waals surface area contributed by atoms with Gasteiger partial charge in [0.2, 0.25) is 0 Å². The summed E-state index contributed by atoms with van der Waals surface area (Å²) in [6, 6.07) is 18.3. The van der Waals surface area contributed by atoms with Crippen LogP contribution in [0, 0.1) is 16.4 Å². The highest BCUT2D eigenvalue weighted by molar-refractivity contribution is 7.91. The van der Waals surface area contributed by atoms with Crippen LogP contribution in [0.1, 0.15) is 32.7 Å².